The average molecular weight is 394 g/mol. The van der Waals surface area contributed by atoms with E-state index >= 15 is 0 Å². The number of ketones is 1. The molecule has 0 saturated carbocycles. The molecule has 1 aromatic heterocycles. The molecule has 3 aromatic rings. The number of esters is 1. The first kappa shape index (κ1) is 20.3. The molecule has 0 aliphatic heterocycles. The lowest BCUT2D eigenvalue weighted by Gasteiger charge is -2.14. The maximum Gasteiger partial charge on any atom is 0.338 e. The molecule has 0 spiro atoms. The van der Waals surface area contributed by atoms with Crippen LogP contribution in [0.4, 0.5) is 0 Å². The van der Waals surface area contributed by atoms with Crippen LogP contribution in [0.1, 0.15) is 40.3 Å². The molecular formula is C22H22N2O5. The number of rotatable bonds is 6. The Labute approximate surface area is 167 Å². The predicted molar refractivity (Wildman–Crippen MR) is 109 cm³/mol. The number of methoxy groups -OCH3 is 1. The topological polar surface area (TPSA) is 87.5 Å². The van der Waals surface area contributed by atoms with Gasteiger partial charge in [0.2, 0.25) is 5.78 Å². The fourth-order valence-corrected chi connectivity index (χ4v) is 3.09. The van der Waals surface area contributed by atoms with Crippen molar-refractivity contribution < 1.29 is 19.1 Å². The van der Waals surface area contributed by atoms with E-state index in [1.807, 2.05) is 6.92 Å². The number of carbonyl (C=O) groups excluding carboxylic acids is 2. The van der Waals surface area contributed by atoms with Crippen LogP contribution in [0.3, 0.4) is 0 Å². The van der Waals surface area contributed by atoms with Crippen molar-refractivity contribution in [3.63, 3.8) is 0 Å². The summed E-state index contributed by atoms with van der Waals surface area (Å²) in [5.74, 6) is -0.304. The minimum absolute atomic E-state index is 0.158. The number of Topliss-reactive ketones (excluding diaryl/α,β-unsaturated/α-hetero) is 1. The quantitative estimate of drug-likeness (QED) is 0.471. The number of aryl methyl sites for hydroxylation is 2. The number of nitrogens with zero attached hydrogens (tertiary/aromatic N) is 2. The molecule has 0 aliphatic rings. The van der Waals surface area contributed by atoms with Crippen LogP contribution < -0.4 is 10.3 Å². The van der Waals surface area contributed by atoms with E-state index in [9.17, 15) is 14.4 Å². The normalized spacial score (nSPS) is 11.9. The van der Waals surface area contributed by atoms with Crippen molar-refractivity contribution in [1.29, 1.82) is 0 Å². The van der Waals surface area contributed by atoms with Gasteiger partial charge in [-0.2, -0.15) is 0 Å². The van der Waals surface area contributed by atoms with Crippen LogP contribution >= 0.6 is 0 Å². The van der Waals surface area contributed by atoms with E-state index in [4.69, 9.17) is 9.47 Å². The average Bonchev–Trinajstić information content (AvgIpc) is 2.73. The maximum atomic E-state index is 12.6. The lowest BCUT2D eigenvalue weighted by molar-refractivity contribution is 0.0319. The summed E-state index contributed by atoms with van der Waals surface area (Å²) in [7, 11) is 1.54. The van der Waals surface area contributed by atoms with E-state index in [0.29, 0.717) is 34.6 Å². The highest BCUT2D eigenvalue weighted by Gasteiger charge is 2.21. The maximum absolute atomic E-state index is 12.6. The van der Waals surface area contributed by atoms with Gasteiger partial charge in [0, 0.05) is 12.1 Å². The molecule has 29 heavy (non-hydrogen) atoms. The Morgan fingerprint density at radius 3 is 2.38 bits per heavy atom. The number of carbonyl (C=O) groups is 2. The van der Waals surface area contributed by atoms with Gasteiger partial charge in [-0.15, -0.1) is 0 Å². The minimum atomic E-state index is -0.953. The van der Waals surface area contributed by atoms with Crippen LogP contribution in [0, 0.1) is 6.92 Å². The molecule has 3 rings (SSSR count). The van der Waals surface area contributed by atoms with Gasteiger partial charge in [0.05, 0.1) is 23.7 Å². The van der Waals surface area contributed by atoms with Crippen molar-refractivity contribution in [2.45, 2.75) is 33.4 Å². The highest BCUT2D eigenvalue weighted by Crippen LogP contribution is 2.17. The summed E-state index contributed by atoms with van der Waals surface area (Å²) in [4.78, 5) is 41.5. The van der Waals surface area contributed by atoms with E-state index in [0.717, 1.165) is 0 Å². The summed E-state index contributed by atoms with van der Waals surface area (Å²) in [6.45, 7) is 5.53. The molecule has 7 nitrogen and oxygen atoms in total. The first-order valence-corrected chi connectivity index (χ1v) is 9.26. The zero-order valence-electron chi connectivity index (χ0n) is 16.8. The van der Waals surface area contributed by atoms with Crippen LogP contribution in [0.15, 0.2) is 47.3 Å². The van der Waals surface area contributed by atoms with Gasteiger partial charge < -0.3 is 14.0 Å². The first-order valence-electron chi connectivity index (χ1n) is 9.26. The molecule has 0 radical (unpaired) electrons. The number of fused-ring (bicyclic) bond motifs is 1. The lowest BCUT2D eigenvalue weighted by Crippen LogP contribution is -2.25. The summed E-state index contributed by atoms with van der Waals surface area (Å²) in [5.41, 5.74) is 2.05. The molecule has 0 bridgehead atoms. The van der Waals surface area contributed by atoms with Crippen molar-refractivity contribution in [2.24, 2.45) is 0 Å². The highest BCUT2D eigenvalue weighted by molar-refractivity contribution is 6.02. The first-order chi connectivity index (χ1) is 13.8. The molecule has 0 N–H and O–H groups in total. The second-order valence-electron chi connectivity index (χ2n) is 6.59. The fourth-order valence-electron chi connectivity index (χ4n) is 3.09. The van der Waals surface area contributed by atoms with Crippen LogP contribution in [0.2, 0.25) is 0 Å². The summed E-state index contributed by atoms with van der Waals surface area (Å²) < 4.78 is 12.0. The second kappa shape index (κ2) is 8.26. The SMILES string of the molecule is CCn1c(=O)c(C)nc2cc(C(=O)O[C@H](C)C(=O)c3ccc(OC)cc3)ccc21. The summed E-state index contributed by atoms with van der Waals surface area (Å²) >= 11 is 0. The molecule has 0 unspecified atom stereocenters. The molecule has 0 saturated heterocycles. The van der Waals surface area contributed by atoms with Crippen molar-refractivity contribution >= 4 is 22.8 Å². The van der Waals surface area contributed by atoms with Gasteiger partial charge in [-0.05, 0) is 63.2 Å². The van der Waals surface area contributed by atoms with E-state index in [2.05, 4.69) is 4.98 Å². The van der Waals surface area contributed by atoms with Crippen LogP contribution in [-0.2, 0) is 11.3 Å². The lowest BCUT2D eigenvalue weighted by atomic mass is 10.1. The Morgan fingerprint density at radius 2 is 1.76 bits per heavy atom. The Hall–Kier alpha value is -3.48. The molecular weight excluding hydrogens is 372 g/mol. The van der Waals surface area contributed by atoms with Crippen molar-refractivity contribution in [1.82, 2.24) is 9.55 Å². The molecule has 1 heterocycles. The monoisotopic (exact) mass is 394 g/mol. The van der Waals surface area contributed by atoms with Crippen molar-refractivity contribution in [3.8, 4) is 5.75 Å². The number of hydrogen-bond donors (Lipinski definition) is 0. The molecule has 150 valence electrons. The predicted octanol–water partition coefficient (Wildman–Crippen LogP) is 3.16. The summed E-state index contributed by atoms with van der Waals surface area (Å²) in [5, 5.41) is 0. The molecule has 1 atom stereocenters. The van der Waals surface area contributed by atoms with Gasteiger partial charge in [0.15, 0.2) is 6.10 Å². The Balaban J connectivity index is 1.82. The number of ether oxygens (including phenoxy) is 2. The van der Waals surface area contributed by atoms with Gasteiger partial charge in [-0.25, -0.2) is 9.78 Å². The highest BCUT2D eigenvalue weighted by atomic mass is 16.5. The van der Waals surface area contributed by atoms with E-state index in [1.54, 1.807) is 61.1 Å². The Morgan fingerprint density at radius 1 is 1.10 bits per heavy atom. The van der Waals surface area contributed by atoms with Crippen molar-refractivity contribution in [3.05, 3.63) is 69.6 Å². The Kier molecular flexibility index (Phi) is 5.77. The third-order valence-corrected chi connectivity index (χ3v) is 4.69. The molecule has 7 heteroatoms. The Bertz CT molecular complexity index is 1130. The van der Waals surface area contributed by atoms with Crippen LogP contribution in [0.5, 0.6) is 5.75 Å². The van der Waals surface area contributed by atoms with E-state index < -0.39 is 12.1 Å². The molecule has 2 aromatic carbocycles. The smallest absolute Gasteiger partial charge is 0.338 e. The number of hydrogen-bond acceptors (Lipinski definition) is 6. The minimum Gasteiger partial charge on any atom is -0.497 e. The third-order valence-electron chi connectivity index (χ3n) is 4.69. The number of benzene rings is 2. The van der Waals surface area contributed by atoms with Gasteiger partial charge in [0.1, 0.15) is 11.4 Å². The molecule has 0 fully saturated rings. The van der Waals surface area contributed by atoms with Gasteiger partial charge >= 0.3 is 5.97 Å². The third kappa shape index (κ3) is 4.03. The molecule has 0 amide bonds. The summed E-state index contributed by atoms with van der Waals surface area (Å²) in [6, 6.07) is 11.4. The standard InChI is InChI=1S/C22H22N2O5/c1-5-24-19-11-8-16(12-18(19)23-13(2)21(24)26)22(27)29-14(3)20(25)15-6-9-17(28-4)10-7-15/h6-12,14H,5H2,1-4H3/t14-/m1/s1. The van der Waals surface area contributed by atoms with Crippen LogP contribution in [-0.4, -0.2) is 34.5 Å². The molecule has 0 aliphatic carbocycles. The van der Waals surface area contributed by atoms with Crippen LogP contribution in [0.25, 0.3) is 11.0 Å². The van der Waals surface area contributed by atoms with E-state index in [-0.39, 0.29) is 16.9 Å². The van der Waals surface area contributed by atoms with Gasteiger partial charge in [0.25, 0.3) is 5.56 Å². The van der Waals surface area contributed by atoms with Crippen molar-refractivity contribution in [2.75, 3.05) is 7.11 Å². The second-order valence-corrected chi connectivity index (χ2v) is 6.59. The summed E-state index contributed by atoms with van der Waals surface area (Å²) in [6.07, 6.45) is -0.953. The van der Waals surface area contributed by atoms with Gasteiger partial charge in [-0.1, -0.05) is 0 Å². The van der Waals surface area contributed by atoms with Gasteiger partial charge in [-0.3, -0.25) is 9.59 Å². The zero-order valence-corrected chi connectivity index (χ0v) is 16.8. The number of aromatic nitrogens is 2. The largest absolute Gasteiger partial charge is 0.497 e. The fraction of sp³-hybridized carbons (Fsp3) is 0.273. The van der Waals surface area contributed by atoms with E-state index in [1.165, 1.54) is 6.92 Å². The zero-order chi connectivity index (χ0) is 21.1.